The van der Waals surface area contributed by atoms with Gasteiger partial charge in [-0.2, -0.15) is 0 Å². The number of rotatable bonds is 5. The van der Waals surface area contributed by atoms with Crippen LogP contribution in [0.25, 0.3) is 0 Å². The van der Waals surface area contributed by atoms with Gasteiger partial charge >= 0.3 is 5.97 Å². The standard InChI is InChI=1S/C9H8ClNO6/c10-7-4-5(11(15)16)3-6(9(13)14)8(7)17-2-1-12/h3-4,12H,1-2H2,(H,13,14). The number of ether oxygens (including phenoxy) is 1. The summed E-state index contributed by atoms with van der Waals surface area (Å²) in [5.41, 5.74) is -0.860. The Hall–Kier alpha value is -1.86. The van der Waals surface area contributed by atoms with Gasteiger partial charge in [0, 0.05) is 12.1 Å². The Labute approximate surface area is 100 Å². The molecule has 0 spiro atoms. The molecule has 2 N–H and O–H groups in total. The molecule has 0 aliphatic carbocycles. The van der Waals surface area contributed by atoms with Crippen molar-refractivity contribution in [1.29, 1.82) is 0 Å². The quantitative estimate of drug-likeness (QED) is 0.611. The summed E-state index contributed by atoms with van der Waals surface area (Å²) in [6.07, 6.45) is 0. The van der Waals surface area contributed by atoms with E-state index >= 15 is 0 Å². The van der Waals surface area contributed by atoms with Crippen molar-refractivity contribution in [3.63, 3.8) is 0 Å². The fourth-order valence-electron chi connectivity index (χ4n) is 1.14. The number of nitrogens with zero attached hydrogens (tertiary/aromatic N) is 1. The Bertz CT molecular complexity index is 461. The van der Waals surface area contributed by atoms with E-state index in [9.17, 15) is 14.9 Å². The van der Waals surface area contributed by atoms with Crippen molar-refractivity contribution in [1.82, 2.24) is 0 Å². The van der Waals surface area contributed by atoms with E-state index in [1.807, 2.05) is 0 Å². The molecule has 0 heterocycles. The molecule has 0 aliphatic rings. The molecule has 92 valence electrons. The van der Waals surface area contributed by atoms with Gasteiger partial charge in [-0.3, -0.25) is 10.1 Å². The van der Waals surface area contributed by atoms with E-state index in [-0.39, 0.29) is 24.0 Å². The van der Waals surface area contributed by atoms with E-state index in [1.165, 1.54) is 0 Å². The number of hydrogen-bond acceptors (Lipinski definition) is 5. The smallest absolute Gasteiger partial charge is 0.339 e. The van der Waals surface area contributed by atoms with Crippen molar-refractivity contribution in [2.24, 2.45) is 0 Å². The number of aliphatic hydroxyl groups is 1. The molecule has 0 fully saturated rings. The van der Waals surface area contributed by atoms with Gasteiger partial charge in [-0.25, -0.2) is 4.79 Å². The van der Waals surface area contributed by atoms with Crippen LogP contribution in [0.4, 0.5) is 5.69 Å². The van der Waals surface area contributed by atoms with E-state index in [2.05, 4.69) is 0 Å². The molecule has 1 aromatic rings. The molecular formula is C9H8ClNO6. The molecule has 1 rings (SSSR count). The third-order valence-corrected chi connectivity index (χ3v) is 2.09. The molecule has 8 heteroatoms. The highest BCUT2D eigenvalue weighted by molar-refractivity contribution is 6.32. The van der Waals surface area contributed by atoms with E-state index in [1.54, 1.807) is 0 Å². The number of aromatic carboxylic acids is 1. The Kier molecular flexibility index (Phi) is 4.24. The van der Waals surface area contributed by atoms with Gasteiger partial charge < -0.3 is 14.9 Å². The summed E-state index contributed by atoms with van der Waals surface area (Å²) in [6.45, 7) is -0.482. The Balaban J connectivity index is 3.28. The van der Waals surface area contributed by atoms with Crippen LogP contribution >= 0.6 is 11.6 Å². The number of carboxylic acid groups (broad SMARTS) is 1. The first-order valence-corrected chi connectivity index (χ1v) is 4.80. The number of aliphatic hydroxyl groups excluding tert-OH is 1. The van der Waals surface area contributed by atoms with E-state index < -0.39 is 22.1 Å². The van der Waals surface area contributed by atoms with E-state index in [4.69, 9.17) is 26.6 Å². The van der Waals surface area contributed by atoms with Gasteiger partial charge in [0.2, 0.25) is 0 Å². The zero-order valence-electron chi connectivity index (χ0n) is 8.42. The van der Waals surface area contributed by atoms with Gasteiger partial charge in [0.1, 0.15) is 12.2 Å². The van der Waals surface area contributed by atoms with Gasteiger partial charge in [-0.15, -0.1) is 0 Å². The predicted octanol–water partition coefficient (Wildman–Crippen LogP) is 1.32. The van der Waals surface area contributed by atoms with Crippen LogP contribution < -0.4 is 4.74 Å². The zero-order valence-corrected chi connectivity index (χ0v) is 9.18. The number of nitro benzene ring substituents is 1. The van der Waals surface area contributed by atoms with Crippen LogP contribution in [0.2, 0.25) is 5.02 Å². The van der Waals surface area contributed by atoms with Crippen molar-refractivity contribution < 1.29 is 24.7 Å². The lowest BCUT2D eigenvalue weighted by Gasteiger charge is -2.09. The first kappa shape index (κ1) is 13.2. The SMILES string of the molecule is O=C(O)c1cc([N+](=O)[O-])cc(Cl)c1OCCO. The molecule has 0 aliphatic heterocycles. The Morgan fingerprint density at radius 3 is 2.65 bits per heavy atom. The summed E-state index contributed by atoms with van der Waals surface area (Å²) < 4.78 is 4.93. The maximum Gasteiger partial charge on any atom is 0.339 e. The predicted molar refractivity (Wildman–Crippen MR) is 57.6 cm³/mol. The lowest BCUT2D eigenvalue weighted by atomic mass is 10.2. The Morgan fingerprint density at radius 1 is 1.53 bits per heavy atom. The van der Waals surface area contributed by atoms with Crippen LogP contribution in [-0.4, -0.2) is 34.3 Å². The number of carbonyl (C=O) groups is 1. The molecule has 0 amide bonds. The average Bonchev–Trinajstić information content (AvgIpc) is 2.26. The largest absolute Gasteiger partial charge is 0.489 e. The highest BCUT2D eigenvalue weighted by atomic mass is 35.5. The summed E-state index contributed by atoms with van der Waals surface area (Å²) in [5.74, 6) is -1.60. The maximum atomic E-state index is 10.9. The van der Waals surface area contributed by atoms with Crippen molar-refractivity contribution in [2.45, 2.75) is 0 Å². The van der Waals surface area contributed by atoms with Gasteiger partial charge in [-0.1, -0.05) is 11.6 Å². The molecule has 0 bridgehead atoms. The third-order valence-electron chi connectivity index (χ3n) is 1.81. The number of benzene rings is 1. The minimum absolute atomic E-state index is 0.155. The summed E-state index contributed by atoms with van der Waals surface area (Å²) in [5, 5.41) is 27.8. The normalized spacial score (nSPS) is 10.0. The van der Waals surface area contributed by atoms with Crippen LogP contribution in [-0.2, 0) is 0 Å². The van der Waals surface area contributed by atoms with Crippen molar-refractivity contribution >= 4 is 23.3 Å². The summed E-state index contributed by atoms with van der Waals surface area (Å²) in [7, 11) is 0. The van der Waals surface area contributed by atoms with Crippen molar-refractivity contribution in [3.05, 3.63) is 32.8 Å². The highest BCUT2D eigenvalue weighted by Gasteiger charge is 2.21. The van der Waals surface area contributed by atoms with Crippen LogP contribution in [0.5, 0.6) is 5.75 Å². The monoisotopic (exact) mass is 261 g/mol. The average molecular weight is 262 g/mol. The molecule has 7 nitrogen and oxygen atoms in total. The minimum Gasteiger partial charge on any atom is -0.489 e. The van der Waals surface area contributed by atoms with Crippen molar-refractivity contribution in [2.75, 3.05) is 13.2 Å². The molecule has 1 aromatic carbocycles. The number of nitro groups is 1. The van der Waals surface area contributed by atoms with Gasteiger partial charge in [-0.05, 0) is 0 Å². The zero-order chi connectivity index (χ0) is 13.0. The summed E-state index contributed by atoms with van der Waals surface area (Å²) in [4.78, 5) is 20.7. The first-order chi connectivity index (χ1) is 7.97. The van der Waals surface area contributed by atoms with Crippen molar-refractivity contribution in [3.8, 4) is 5.75 Å². The molecule has 17 heavy (non-hydrogen) atoms. The fraction of sp³-hybridized carbons (Fsp3) is 0.222. The highest BCUT2D eigenvalue weighted by Crippen LogP contribution is 2.33. The van der Waals surface area contributed by atoms with Gasteiger partial charge in [0.15, 0.2) is 5.75 Å². The van der Waals surface area contributed by atoms with Crippen LogP contribution in [0.15, 0.2) is 12.1 Å². The number of halogens is 1. The van der Waals surface area contributed by atoms with E-state index in [0.29, 0.717) is 0 Å². The topological polar surface area (TPSA) is 110 Å². The second kappa shape index (κ2) is 5.46. The van der Waals surface area contributed by atoms with Gasteiger partial charge in [0.25, 0.3) is 5.69 Å². The van der Waals surface area contributed by atoms with Crippen LogP contribution in [0.3, 0.4) is 0 Å². The number of carboxylic acids is 1. The third kappa shape index (κ3) is 3.05. The molecule has 0 saturated carbocycles. The number of hydrogen-bond donors (Lipinski definition) is 2. The minimum atomic E-state index is -1.40. The maximum absolute atomic E-state index is 10.9. The first-order valence-electron chi connectivity index (χ1n) is 4.42. The molecule has 0 saturated heterocycles. The van der Waals surface area contributed by atoms with E-state index in [0.717, 1.165) is 12.1 Å². The van der Waals surface area contributed by atoms with Gasteiger partial charge in [0.05, 0.1) is 16.6 Å². The van der Waals surface area contributed by atoms with Crippen LogP contribution in [0.1, 0.15) is 10.4 Å². The number of non-ortho nitro benzene ring substituents is 1. The molecule has 0 aromatic heterocycles. The second-order valence-corrected chi connectivity index (χ2v) is 3.35. The molecule has 0 atom stereocenters. The Morgan fingerprint density at radius 2 is 2.18 bits per heavy atom. The fourth-order valence-corrected chi connectivity index (χ4v) is 1.41. The van der Waals surface area contributed by atoms with Crippen LogP contribution in [0, 0.1) is 10.1 Å². The molecule has 0 unspecified atom stereocenters. The summed E-state index contributed by atoms with van der Waals surface area (Å²) in [6, 6.07) is 1.83. The lowest BCUT2D eigenvalue weighted by molar-refractivity contribution is -0.384. The molecular weight excluding hydrogens is 254 g/mol. The lowest BCUT2D eigenvalue weighted by Crippen LogP contribution is -2.08. The second-order valence-electron chi connectivity index (χ2n) is 2.94. The summed E-state index contributed by atoms with van der Waals surface area (Å²) >= 11 is 5.68. The molecule has 0 radical (unpaired) electrons.